The zero-order valence-electron chi connectivity index (χ0n) is 21.7. The Kier molecular flexibility index (Phi) is 10.3. The summed E-state index contributed by atoms with van der Waals surface area (Å²) in [6.07, 6.45) is -0.240. The van der Waals surface area contributed by atoms with E-state index in [-0.39, 0.29) is 18.7 Å². The molecule has 0 saturated carbocycles. The topological polar surface area (TPSA) is 93.7 Å². The van der Waals surface area contributed by atoms with E-state index in [1.807, 2.05) is 13.0 Å². The standard InChI is InChI=1S/C29H30BrClN2O5/c1-17(2)22-10-5-18(3)15-25(22)38-21-8-6-20(7-9-21)32-26(34)13-14-28(36)37-16-27(35)33-24-12-11-23(30)29(31)19(24)4/h5-12,15,17H,13-14,16H2,1-4H3,(H,32,34)(H,33,35). The van der Waals surface area contributed by atoms with Gasteiger partial charge in [0.15, 0.2) is 6.61 Å². The van der Waals surface area contributed by atoms with Gasteiger partial charge < -0.3 is 20.1 Å². The van der Waals surface area contributed by atoms with Crippen LogP contribution >= 0.6 is 27.5 Å². The van der Waals surface area contributed by atoms with Crippen LogP contribution in [0.3, 0.4) is 0 Å². The predicted octanol–water partition coefficient (Wildman–Crippen LogP) is 7.54. The van der Waals surface area contributed by atoms with Crippen LogP contribution in [0.2, 0.25) is 5.02 Å². The predicted molar refractivity (Wildman–Crippen MR) is 153 cm³/mol. The van der Waals surface area contributed by atoms with Gasteiger partial charge in [-0.15, -0.1) is 0 Å². The van der Waals surface area contributed by atoms with Gasteiger partial charge in [-0.3, -0.25) is 14.4 Å². The fourth-order valence-corrected chi connectivity index (χ4v) is 4.17. The number of halogens is 2. The van der Waals surface area contributed by atoms with E-state index in [1.165, 1.54) is 0 Å². The smallest absolute Gasteiger partial charge is 0.306 e. The summed E-state index contributed by atoms with van der Waals surface area (Å²) in [4.78, 5) is 36.4. The maximum absolute atomic E-state index is 12.3. The van der Waals surface area contributed by atoms with E-state index in [0.29, 0.717) is 38.1 Å². The van der Waals surface area contributed by atoms with Crippen LogP contribution in [0.25, 0.3) is 0 Å². The summed E-state index contributed by atoms with van der Waals surface area (Å²) in [5.74, 6) is 0.278. The Bertz CT molecular complexity index is 1330. The van der Waals surface area contributed by atoms with Gasteiger partial charge in [-0.1, -0.05) is 37.6 Å². The van der Waals surface area contributed by atoms with Crippen LogP contribution in [0.15, 0.2) is 59.1 Å². The first kappa shape index (κ1) is 29.2. The van der Waals surface area contributed by atoms with E-state index < -0.39 is 18.5 Å². The van der Waals surface area contributed by atoms with E-state index >= 15 is 0 Å². The summed E-state index contributed by atoms with van der Waals surface area (Å²) in [5, 5.41) is 5.88. The summed E-state index contributed by atoms with van der Waals surface area (Å²) in [6.45, 7) is 7.54. The lowest BCUT2D eigenvalue weighted by molar-refractivity contribution is -0.147. The third-order valence-corrected chi connectivity index (χ3v) is 7.07. The molecule has 0 aromatic heterocycles. The Balaban J connectivity index is 1.43. The SMILES string of the molecule is Cc1ccc(C(C)C)c(Oc2ccc(NC(=O)CCC(=O)OCC(=O)Nc3ccc(Br)c(Cl)c3C)cc2)c1. The van der Waals surface area contributed by atoms with E-state index in [2.05, 4.69) is 52.5 Å². The number of benzene rings is 3. The van der Waals surface area contributed by atoms with Crippen molar-refractivity contribution in [2.45, 2.75) is 46.5 Å². The molecule has 38 heavy (non-hydrogen) atoms. The van der Waals surface area contributed by atoms with Crippen LogP contribution in [0, 0.1) is 13.8 Å². The lowest BCUT2D eigenvalue weighted by Gasteiger charge is -2.15. The van der Waals surface area contributed by atoms with Crippen LogP contribution in [0.4, 0.5) is 11.4 Å². The molecular formula is C29H30BrClN2O5. The number of aryl methyl sites for hydroxylation is 1. The van der Waals surface area contributed by atoms with Gasteiger partial charge in [0.2, 0.25) is 5.91 Å². The number of hydrogen-bond acceptors (Lipinski definition) is 5. The molecule has 0 fully saturated rings. The van der Waals surface area contributed by atoms with Crippen molar-refractivity contribution < 1.29 is 23.9 Å². The highest BCUT2D eigenvalue weighted by Crippen LogP contribution is 2.32. The van der Waals surface area contributed by atoms with Gasteiger partial charge in [0, 0.05) is 22.3 Å². The molecule has 0 saturated heterocycles. The molecule has 3 rings (SSSR count). The van der Waals surface area contributed by atoms with Crippen LogP contribution in [-0.2, 0) is 19.1 Å². The van der Waals surface area contributed by atoms with Gasteiger partial charge in [0.1, 0.15) is 11.5 Å². The molecule has 0 unspecified atom stereocenters. The van der Waals surface area contributed by atoms with Crippen molar-refractivity contribution in [2.75, 3.05) is 17.2 Å². The summed E-state index contributed by atoms with van der Waals surface area (Å²) in [5.41, 5.74) is 4.01. The molecule has 7 nitrogen and oxygen atoms in total. The molecule has 3 aromatic carbocycles. The first-order valence-corrected chi connectivity index (χ1v) is 13.3. The van der Waals surface area contributed by atoms with Crippen molar-refractivity contribution in [3.63, 3.8) is 0 Å². The summed E-state index contributed by atoms with van der Waals surface area (Å²) in [6, 6.07) is 16.6. The first-order chi connectivity index (χ1) is 18.0. The number of amides is 2. The maximum atomic E-state index is 12.3. The third kappa shape index (κ3) is 8.33. The minimum Gasteiger partial charge on any atom is -0.457 e. The summed E-state index contributed by atoms with van der Waals surface area (Å²) >= 11 is 9.47. The fraction of sp³-hybridized carbons (Fsp3) is 0.276. The molecule has 0 aliphatic heterocycles. The second-order valence-electron chi connectivity index (χ2n) is 9.11. The third-order valence-electron chi connectivity index (χ3n) is 5.69. The highest BCUT2D eigenvalue weighted by molar-refractivity contribution is 9.10. The molecule has 0 aliphatic rings. The number of carbonyl (C=O) groups is 3. The molecular weight excluding hydrogens is 572 g/mol. The Morgan fingerprint density at radius 2 is 1.63 bits per heavy atom. The second kappa shape index (κ2) is 13.4. The lowest BCUT2D eigenvalue weighted by atomic mass is 10.0. The van der Waals surface area contributed by atoms with Crippen molar-refractivity contribution in [2.24, 2.45) is 0 Å². The molecule has 9 heteroatoms. The van der Waals surface area contributed by atoms with Crippen LogP contribution < -0.4 is 15.4 Å². The van der Waals surface area contributed by atoms with Crippen LogP contribution in [0.1, 0.15) is 49.3 Å². The van der Waals surface area contributed by atoms with Crippen molar-refractivity contribution in [3.8, 4) is 11.5 Å². The van der Waals surface area contributed by atoms with E-state index in [0.717, 1.165) is 16.9 Å². The van der Waals surface area contributed by atoms with Gasteiger partial charge in [0.05, 0.1) is 11.4 Å². The zero-order valence-corrected chi connectivity index (χ0v) is 24.0. The van der Waals surface area contributed by atoms with Crippen molar-refractivity contribution in [1.82, 2.24) is 0 Å². The number of nitrogens with one attached hydrogen (secondary N) is 2. The molecule has 0 atom stereocenters. The first-order valence-electron chi connectivity index (χ1n) is 12.1. The lowest BCUT2D eigenvalue weighted by Crippen LogP contribution is -2.22. The van der Waals surface area contributed by atoms with Gasteiger partial charge >= 0.3 is 5.97 Å². The van der Waals surface area contributed by atoms with Gasteiger partial charge in [-0.05, 0) is 94.9 Å². The Hall–Kier alpha value is -3.36. The maximum Gasteiger partial charge on any atom is 0.306 e. The highest BCUT2D eigenvalue weighted by Gasteiger charge is 2.14. The number of rotatable bonds is 10. The molecule has 0 spiro atoms. The number of hydrogen-bond donors (Lipinski definition) is 2. The number of anilines is 2. The van der Waals surface area contributed by atoms with Gasteiger partial charge in [0.25, 0.3) is 5.91 Å². The molecule has 0 aliphatic carbocycles. The Morgan fingerprint density at radius 1 is 0.921 bits per heavy atom. The molecule has 0 radical (unpaired) electrons. The van der Waals surface area contributed by atoms with Crippen LogP contribution in [-0.4, -0.2) is 24.4 Å². The zero-order chi connectivity index (χ0) is 27.8. The monoisotopic (exact) mass is 600 g/mol. The van der Waals surface area contributed by atoms with Crippen LogP contribution in [0.5, 0.6) is 11.5 Å². The molecule has 3 aromatic rings. The summed E-state index contributed by atoms with van der Waals surface area (Å²) < 4.78 is 11.8. The minimum atomic E-state index is -0.649. The average molecular weight is 602 g/mol. The van der Waals surface area contributed by atoms with E-state index in [1.54, 1.807) is 43.3 Å². The average Bonchev–Trinajstić information content (AvgIpc) is 2.87. The highest BCUT2D eigenvalue weighted by atomic mass is 79.9. The molecule has 2 N–H and O–H groups in total. The summed E-state index contributed by atoms with van der Waals surface area (Å²) in [7, 11) is 0. The number of carbonyl (C=O) groups excluding carboxylic acids is 3. The number of ether oxygens (including phenoxy) is 2. The van der Waals surface area contributed by atoms with E-state index in [9.17, 15) is 14.4 Å². The minimum absolute atomic E-state index is 0.0822. The van der Waals surface area contributed by atoms with Gasteiger partial charge in [-0.2, -0.15) is 0 Å². The molecule has 2 amide bonds. The Morgan fingerprint density at radius 3 is 2.32 bits per heavy atom. The van der Waals surface area contributed by atoms with Gasteiger partial charge in [-0.25, -0.2) is 0 Å². The quantitative estimate of drug-likeness (QED) is 0.234. The van der Waals surface area contributed by atoms with Crippen molar-refractivity contribution in [3.05, 3.63) is 80.8 Å². The normalized spacial score (nSPS) is 10.7. The fourth-order valence-electron chi connectivity index (χ4n) is 3.57. The van der Waals surface area contributed by atoms with Crippen molar-refractivity contribution >= 4 is 56.7 Å². The molecule has 0 heterocycles. The molecule has 200 valence electrons. The second-order valence-corrected chi connectivity index (χ2v) is 10.3. The largest absolute Gasteiger partial charge is 0.457 e. The number of esters is 1. The molecule has 0 bridgehead atoms. The van der Waals surface area contributed by atoms with Crippen molar-refractivity contribution in [1.29, 1.82) is 0 Å². The van der Waals surface area contributed by atoms with E-state index in [4.69, 9.17) is 21.1 Å². The Labute approximate surface area is 236 Å².